The van der Waals surface area contributed by atoms with Crippen LogP contribution in [0, 0.1) is 0 Å². The molecule has 138 valence electrons. The van der Waals surface area contributed by atoms with Gasteiger partial charge in [-0.1, -0.05) is 12.1 Å². The largest absolute Gasteiger partial charge is 0.497 e. The third-order valence-electron chi connectivity index (χ3n) is 4.13. The van der Waals surface area contributed by atoms with Gasteiger partial charge in [0.05, 0.1) is 25.0 Å². The van der Waals surface area contributed by atoms with Crippen LogP contribution in [0.1, 0.15) is 44.0 Å². The molecule has 0 fully saturated rings. The van der Waals surface area contributed by atoms with Gasteiger partial charge < -0.3 is 14.5 Å². The van der Waals surface area contributed by atoms with Gasteiger partial charge >= 0.3 is 0 Å². The summed E-state index contributed by atoms with van der Waals surface area (Å²) >= 11 is 0. The highest BCUT2D eigenvalue weighted by Gasteiger charge is 2.24. The van der Waals surface area contributed by atoms with Crippen LogP contribution >= 0.6 is 0 Å². The summed E-state index contributed by atoms with van der Waals surface area (Å²) in [7, 11) is 1.67. The Bertz CT molecular complexity index is 821. The van der Waals surface area contributed by atoms with Crippen molar-refractivity contribution in [3.05, 3.63) is 59.8 Å². The predicted octanol–water partition coefficient (Wildman–Crippen LogP) is 3.10. The summed E-state index contributed by atoms with van der Waals surface area (Å²) in [6.45, 7) is 6.93. The maximum Gasteiger partial charge on any atom is 0.153 e. The lowest BCUT2D eigenvalue weighted by molar-refractivity contribution is 0.323. The smallest absolute Gasteiger partial charge is 0.153 e. The average Bonchev–Trinajstić information content (AvgIpc) is 3.29. The second kappa shape index (κ2) is 7.70. The number of ether oxygens (including phenoxy) is 1. The van der Waals surface area contributed by atoms with Gasteiger partial charge in [0.15, 0.2) is 5.82 Å². The molecular formula is C19H25N5O2. The van der Waals surface area contributed by atoms with E-state index in [-0.39, 0.29) is 11.6 Å². The van der Waals surface area contributed by atoms with Crippen LogP contribution < -0.4 is 10.1 Å². The summed E-state index contributed by atoms with van der Waals surface area (Å²) in [5.41, 5.74) is 0.954. The summed E-state index contributed by atoms with van der Waals surface area (Å²) in [5.74, 6) is 2.52. The summed E-state index contributed by atoms with van der Waals surface area (Å²) in [6.07, 6.45) is 2.31. The lowest BCUT2D eigenvalue weighted by Gasteiger charge is -2.22. The van der Waals surface area contributed by atoms with Crippen LogP contribution in [0.3, 0.4) is 0 Å². The number of methoxy groups -OCH3 is 1. The lowest BCUT2D eigenvalue weighted by atomic mass is 10.1. The standard InChI is InChI=1S/C19H25N5O2/c1-19(2,3)24-18(21-22-23-24)12-16(17-9-6-10-26-17)20-13-14-7-5-8-15(11-14)25-4/h5-11,16,20H,12-13H2,1-4H3. The van der Waals surface area contributed by atoms with Crippen molar-refractivity contribution in [2.45, 2.75) is 45.3 Å². The second-order valence-corrected chi connectivity index (χ2v) is 7.18. The highest BCUT2D eigenvalue weighted by molar-refractivity contribution is 5.28. The minimum absolute atomic E-state index is 0.0386. The Kier molecular flexibility index (Phi) is 5.37. The van der Waals surface area contributed by atoms with E-state index >= 15 is 0 Å². The molecule has 1 atom stereocenters. The summed E-state index contributed by atoms with van der Waals surface area (Å²) in [4.78, 5) is 0. The normalized spacial score (nSPS) is 12.9. The molecule has 0 aliphatic rings. The predicted molar refractivity (Wildman–Crippen MR) is 97.8 cm³/mol. The first-order valence-electron chi connectivity index (χ1n) is 8.65. The molecule has 1 aromatic carbocycles. The van der Waals surface area contributed by atoms with Crippen LogP contribution in [0.2, 0.25) is 0 Å². The molecule has 3 aromatic rings. The molecule has 0 radical (unpaired) electrons. The van der Waals surface area contributed by atoms with Crippen LogP contribution in [0.5, 0.6) is 5.75 Å². The zero-order valence-electron chi connectivity index (χ0n) is 15.6. The first-order chi connectivity index (χ1) is 12.5. The van der Waals surface area contributed by atoms with E-state index in [4.69, 9.17) is 9.15 Å². The van der Waals surface area contributed by atoms with Gasteiger partial charge in [-0.25, -0.2) is 4.68 Å². The first kappa shape index (κ1) is 18.1. The monoisotopic (exact) mass is 355 g/mol. The average molecular weight is 355 g/mol. The molecule has 1 N–H and O–H groups in total. The zero-order chi connectivity index (χ0) is 18.6. The number of rotatable bonds is 7. The Hall–Kier alpha value is -2.67. The Labute approximate surface area is 153 Å². The molecule has 1 unspecified atom stereocenters. The highest BCUT2D eigenvalue weighted by Crippen LogP contribution is 2.22. The van der Waals surface area contributed by atoms with Crippen LogP contribution in [0.25, 0.3) is 0 Å². The van der Waals surface area contributed by atoms with Gasteiger partial charge in [0.2, 0.25) is 0 Å². The van der Waals surface area contributed by atoms with Crippen molar-refractivity contribution in [2.75, 3.05) is 7.11 Å². The summed E-state index contributed by atoms with van der Waals surface area (Å²) in [5, 5.41) is 15.8. The minimum Gasteiger partial charge on any atom is -0.497 e. The fourth-order valence-corrected chi connectivity index (χ4v) is 2.82. The third kappa shape index (κ3) is 4.29. The zero-order valence-corrected chi connectivity index (χ0v) is 15.6. The molecule has 2 aromatic heterocycles. The van der Waals surface area contributed by atoms with E-state index < -0.39 is 0 Å². The second-order valence-electron chi connectivity index (χ2n) is 7.18. The summed E-state index contributed by atoms with van der Waals surface area (Å²) < 4.78 is 12.8. The SMILES string of the molecule is COc1cccc(CNC(Cc2nnnn2C(C)(C)C)c2ccco2)c1. The molecule has 0 saturated heterocycles. The first-order valence-corrected chi connectivity index (χ1v) is 8.65. The number of nitrogens with one attached hydrogen (secondary N) is 1. The molecule has 2 heterocycles. The van der Waals surface area contributed by atoms with Gasteiger partial charge in [0, 0.05) is 13.0 Å². The molecule has 0 aliphatic heterocycles. The highest BCUT2D eigenvalue weighted by atomic mass is 16.5. The topological polar surface area (TPSA) is 78.0 Å². The lowest BCUT2D eigenvalue weighted by Crippen LogP contribution is -2.29. The van der Waals surface area contributed by atoms with Crippen molar-refractivity contribution in [2.24, 2.45) is 0 Å². The van der Waals surface area contributed by atoms with E-state index in [0.717, 1.165) is 22.9 Å². The molecule has 0 spiro atoms. The van der Waals surface area contributed by atoms with Crippen LogP contribution in [-0.4, -0.2) is 27.3 Å². The molecule has 3 rings (SSSR count). The van der Waals surface area contributed by atoms with E-state index in [9.17, 15) is 0 Å². The molecule has 0 amide bonds. The van der Waals surface area contributed by atoms with Gasteiger partial charge in [-0.15, -0.1) is 5.10 Å². The number of furan rings is 1. The number of hydrogen-bond acceptors (Lipinski definition) is 6. The maximum atomic E-state index is 5.64. The van der Waals surface area contributed by atoms with Crippen molar-refractivity contribution in [3.8, 4) is 5.75 Å². The van der Waals surface area contributed by atoms with E-state index in [1.165, 1.54) is 0 Å². The number of nitrogens with zero attached hydrogens (tertiary/aromatic N) is 4. The quantitative estimate of drug-likeness (QED) is 0.702. The molecule has 0 bridgehead atoms. The Morgan fingerprint density at radius 3 is 2.77 bits per heavy atom. The molecule has 0 aliphatic carbocycles. The fraction of sp³-hybridized carbons (Fsp3) is 0.421. The van der Waals surface area contributed by atoms with Crippen molar-refractivity contribution in [1.82, 2.24) is 25.5 Å². The van der Waals surface area contributed by atoms with E-state index in [0.29, 0.717) is 13.0 Å². The van der Waals surface area contributed by atoms with Crippen molar-refractivity contribution >= 4 is 0 Å². The minimum atomic E-state index is -0.181. The molecule has 7 heteroatoms. The van der Waals surface area contributed by atoms with Crippen molar-refractivity contribution in [3.63, 3.8) is 0 Å². The van der Waals surface area contributed by atoms with Crippen molar-refractivity contribution in [1.29, 1.82) is 0 Å². The van der Waals surface area contributed by atoms with E-state index in [1.807, 2.05) is 35.0 Å². The number of benzene rings is 1. The Morgan fingerprint density at radius 1 is 1.23 bits per heavy atom. The van der Waals surface area contributed by atoms with Gasteiger partial charge in [-0.2, -0.15) is 0 Å². The van der Waals surface area contributed by atoms with Gasteiger partial charge in [-0.05, 0) is 61.0 Å². The number of hydrogen-bond donors (Lipinski definition) is 1. The van der Waals surface area contributed by atoms with E-state index in [1.54, 1.807) is 13.4 Å². The molecule has 7 nitrogen and oxygen atoms in total. The Morgan fingerprint density at radius 2 is 2.08 bits per heavy atom. The molecule has 0 saturated carbocycles. The van der Waals surface area contributed by atoms with Gasteiger partial charge in [0.25, 0.3) is 0 Å². The van der Waals surface area contributed by atoms with Crippen molar-refractivity contribution < 1.29 is 9.15 Å². The molecule has 26 heavy (non-hydrogen) atoms. The van der Waals surface area contributed by atoms with Gasteiger partial charge in [-0.3, -0.25) is 0 Å². The number of tetrazole rings is 1. The fourth-order valence-electron chi connectivity index (χ4n) is 2.82. The van der Waals surface area contributed by atoms with Gasteiger partial charge in [0.1, 0.15) is 11.5 Å². The van der Waals surface area contributed by atoms with Crippen LogP contribution in [0.4, 0.5) is 0 Å². The van der Waals surface area contributed by atoms with E-state index in [2.05, 4.69) is 47.7 Å². The third-order valence-corrected chi connectivity index (χ3v) is 4.13. The number of aromatic nitrogens is 4. The maximum absolute atomic E-state index is 5.64. The Balaban J connectivity index is 1.77. The van der Waals surface area contributed by atoms with Crippen LogP contribution in [0.15, 0.2) is 47.1 Å². The molecular weight excluding hydrogens is 330 g/mol. The summed E-state index contributed by atoms with van der Waals surface area (Å²) in [6, 6.07) is 11.8. The van der Waals surface area contributed by atoms with Crippen LogP contribution in [-0.2, 0) is 18.5 Å².